The van der Waals surface area contributed by atoms with Crippen LogP contribution in [-0.4, -0.2) is 23.3 Å². The number of fused-ring (bicyclic) bond motifs is 5. The summed E-state index contributed by atoms with van der Waals surface area (Å²) in [6.45, 7) is 7.38. The van der Waals surface area contributed by atoms with Gasteiger partial charge in [0.1, 0.15) is 0 Å². The Hall–Kier alpha value is -0.570. The van der Waals surface area contributed by atoms with Gasteiger partial charge in [0.25, 0.3) is 0 Å². The monoisotopic (exact) mass is 306 g/mol. The van der Waals surface area contributed by atoms with Gasteiger partial charge in [-0.05, 0) is 74.5 Å². The molecule has 0 amide bonds. The second-order valence-corrected chi connectivity index (χ2v) is 9.29. The molecule has 22 heavy (non-hydrogen) atoms. The van der Waals surface area contributed by atoms with E-state index in [2.05, 4.69) is 20.8 Å². The van der Waals surface area contributed by atoms with E-state index in [-0.39, 0.29) is 16.8 Å². The van der Waals surface area contributed by atoms with Crippen LogP contribution < -0.4 is 0 Å². The Balaban J connectivity index is 1.65. The summed E-state index contributed by atoms with van der Waals surface area (Å²) in [5.74, 6) is 2.56. The molecule has 1 N–H and O–H groups in total. The first-order valence-electron chi connectivity index (χ1n) is 9.16. The fourth-order valence-electron chi connectivity index (χ4n) is 6.83. The molecule has 0 spiro atoms. The highest BCUT2D eigenvalue weighted by Gasteiger charge is 2.63. The van der Waals surface area contributed by atoms with E-state index < -0.39 is 5.60 Å². The standard InChI is InChI=1S/C19H30O3/c1-17-11-22-16(20)10-12(17)4-5-13-14(17)6-8-18(2)15(13)7-9-19(18,3)21/h12-15,21H,4-11H2,1-3H3/t12-,13+,14-,15-,17-,18-,19-/m1/s1. The summed E-state index contributed by atoms with van der Waals surface area (Å²) in [7, 11) is 0. The maximum Gasteiger partial charge on any atom is 0.306 e. The van der Waals surface area contributed by atoms with Crippen molar-refractivity contribution in [3.8, 4) is 0 Å². The molecule has 3 heteroatoms. The second-order valence-electron chi connectivity index (χ2n) is 9.29. The lowest BCUT2D eigenvalue weighted by molar-refractivity contribution is -0.186. The van der Waals surface area contributed by atoms with E-state index >= 15 is 0 Å². The van der Waals surface area contributed by atoms with Crippen molar-refractivity contribution in [1.29, 1.82) is 0 Å². The second kappa shape index (κ2) is 4.49. The van der Waals surface area contributed by atoms with Crippen molar-refractivity contribution in [1.82, 2.24) is 0 Å². The lowest BCUT2D eigenvalue weighted by Crippen LogP contribution is -2.57. The van der Waals surface area contributed by atoms with Crippen molar-refractivity contribution >= 4 is 5.97 Å². The zero-order valence-corrected chi connectivity index (χ0v) is 14.2. The van der Waals surface area contributed by atoms with Crippen molar-refractivity contribution in [2.24, 2.45) is 34.5 Å². The topological polar surface area (TPSA) is 46.5 Å². The number of carbonyl (C=O) groups is 1. The molecule has 0 aromatic carbocycles. The first-order chi connectivity index (χ1) is 10.3. The van der Waals surface area contributed by atoms with Gasteiger partial charge in [-0.2, -0.15) is 0 Å². The normalized spacial score (nSPS) is 57.5. The summed E-state index contributed by atoms with van der Waals surface area (Å²) >= 11 is 0. The average Bonchev–Trinajstić information content (AvgIpc) is 2.70. The van der Waals surface area contributed by atoms with Crippen LogP contribution in [0.1, 0.15) is 65.7 Å². The molecule has 1 aliphatic heterocycles. The average molecular weight is 306 g/mol. The minimum absolute atomic E-state index is 0.00497. The van der Waals surface area contributed by atoms with Crippen LogP contribution in [0.5, 0.6) is 0 Å². The Bertz CT molecular complexity index is 499. The third-order valence-electron chi connectivity index (χ3n) is 8.58. The van der Waals surface area contributed by atoms with E-state index in [0.717, 1.165) is 12.8 Å². The van der Waals surface area contributed by atoms with E-state index in [1.807, 2.05) is 0 Å². The molecular formula is C19H30O3. The fourth-order valence-corrected chi connectivity index (χ4v) is 6.83. The number of hydrogen-bond donors (Lipinski definition) is 1. The minimum atomic E-state index is -0.501. The number of ether oxygens (including phenoxy) is 1. The first-order valence-corrected chi connectivity index (χ1v) is 9.16. The molecule has 0 aromatic rings. The van der Waals surface area contributed by atoms with Gasteiger partial charge in [0.05, 0.1) is 12.2 Å². The Labute approximate surface area is 133 Å². The van der Waals surface area contributed by atoms with Gasteiger partial charge in [0, 0.05) is 11.8 Å². The van der Waals surface area contributed by atoms with Crippen LogP contribution in [-0.2, 0) is 9.53 Å². The van der Waals surface area contributed by atoms with Crippen molar-refractivity contribution in [2.75, 3.05) is 6.61 Å². The molecule has 1 saturated heterocycles. The zero-order valence-electron chi connectivity index (χ0n) is 14.2. The molecule has 4 aliphatic rings. The van der Waals surface area contributed by atoms with Gasteiger partial charge >= 0.3 is 5.97 Å². The van der Waals surface area contributed by atoms with E-state index in [0.29, 0.717) is 36.7 Å². The smallest absolute Gasteiger partial charge is 0.306 e. The highest BCUT2D eigenvalue weighted by molar-refractivity contribution is 5.70. The van der Waals surface area contributed by atoms with Crippen LogP contribution in [0.3, 0.4) is 0 Å². The molecule has 124 valence electrons. The van der Waals surface area contributed by atoms with Gasteiger partial charge in [-0.15, -0.1) is 0 Å². The number of rotatable bonds is 0. The molecule has 0 unspecified atom stereocenters. The summed E-state index contributed by atoms with van der Waals surface area (Å²) in [5.41, 5.74) is -0.241. The maximum absolute atomic E-state index is 11.7. The van der Waals surface area contributed by atoms with E-state index in [4.69, 9.17) is 4.74 Å². The third-order valence-corrected chi connectivity index (χ3v) is 8.58. The first kappa shape index (κ1) is 15.0. The number of hydrogen-bond acceptors (Lipinski definition) is 3. The summed E-state index contributed by atoms with van der Waals surface area (Å²) in [4.78, 5) is 11.7. The van der Waals surface area contributed by atoms with Crippen LogP contribution in [0.4, 0.5) is 0 Å². The van der Waals surface area contributed by atoms with Crippen molar-refractivity contribution < 1.29 is 14.6 Å². The SMILES string of the molecule is C[C@@]12COC(=O)C[C@H]1CC[C@H]1[C@H]2CC[C@]2(C)[C@@H]1CC[C@@]2(C)O. The number of cyclic esters (lactones) is 1. The Morgan fingerprint density at radius 3 is 2.55 bits per heavy atom. The highest BCUT2D eigenvalue weighted by Crippen LogP contribution is 2.67. The quantitative estimate of drug-likeness (QED) is 0.696. The summed E-state index contributed by atoms with van der Waals surface area (Å²) < 4.78 is 5.49. The molecular weight excluding hydrogens is 276 g/mol. The predicted molar refractivity (Wildman–Crippen MR) is 84.1 cm³/mol. The maximum atomic E-state index is 11.7. The molecule has 3 saturated carbocycles. The van der Waals surface area contributed by atoms with Crippen molar-refractivity contribution in [2.45, 2.75) is 71.3 Å². The molecule has 3 aliphatic carbocycles. The lowest BCUT2D eigenvalue weighted by atomic mass is 9.46. The summed E-state index contributed by atoms with van der Waals surface area (Å²) in [6, 6.07) is 0. The van der Waals surface area contributed by atoms with Crippen LogP contribution in [0.15, 0.2) is 0 Å². The molecule has 3 nitrogen and oxygen atoms in total. The lowest BCUT2D eigenvalue weighted by Gasteiger charge is -2.60. The van der Waals surface area contributed by atoms with E-state index in [9.17, 15) is 9.90 Å². The molecule has 7 atom stereocenters. The largest absolute Gasteiger partial charge is 0.465 e. The van der Waals surface area contributed by atoms with Crippen molar-refractivity contribution in [3.05, 3.63) is 0 Å². The Morgan fingerprint density at radius 1 is 1.05 bits per heavy atom. The molecule has 1 heterocycles. The number of esters is 1. The molecule has 4 rings (SSSR count). The van der Waals surface area contributed by atoms with Gasteiger partial charge in [-0.3, -0.25) is 4.79 Å². The fraction of sp³-hybridized carbons (Fsp3) is 0.947. The highest BCUT2D eigenvalue weighted by atomic mass is 16.5. The Morgan fingerprint density at radius 2 is 1.77 bits per heavy atom. The molecule has 0 aromatic heterocycles. The Kier molecular flexibility index (Phi) is 3.06. The summed E-state index contributed by atoms with van der Waals surface area (Å²) in [5, 5.41) is 10.9. The number of carbonyl (C=O) groups excluding carboxylic acids is 1. The van der Waals surface area contributed by atoms with Crippen molar-refractivity contribution in [3.63, 3.8) is 0 Å². The summed E-state index contributed by atoms with van der Waals surface area (Å²) in [6.07, 6.45) is 7.48. The van der Waals surface area contributed by atoms with Gasteiger partial charge in [-0.25, -0.2) is 0 Å². The predicted octanol–water partition coefficient (Wildman–Crippen LogP) is 3.54. The zero-order chi connectivity index (χ0) is 15.8. The molecule has 4 fully saturated rings. The van der Waals surface area contributed by atoms with Gasteiger partial charge in [0.15, 0.2) is 0 Å². The van der Waals surface area contributed by atoms with E-state index in [1.54, 1.807) is 0 Å². The third kappa shape index (κ3) is 1.75. The van der Waals surface area contributed by atoms with Gasteiger partial charge < -0.3 is 9.84 Å². The van der Waals surface area contributed by atoms with Crippen LogP contribution in [0.2, 0.25) is 0 Å². The van der Waals surface area contributed by atoms with Crippen LogP contribution in [0, 0.1) is 34.5 Å². The van der Waals surface area contributed by atoms with Gasteiger partial charge in [0.2, 0.25) is 0 Å². The minimum Gasteiger partial charge on any atom is -0.465 e. The van der Waals surface area contributed by atoms with Crippen LogP contribution in [0.25, 0.3) is 0 Å². The van der Waals surface area contributed by atoms with E-state index in [1.165, 1.54) is 25.7 Å². The van der Waals surface area contributed by atoms with Gasteiger partial charge in [-0.1, -0.05) is 13.8 Å². The molecule has 0 radical (unpaired) electrons. The number of aliphatic hydroxyl groups is 1. The van der Waals surface area contributed by atoms with Crippen LogP contribution >= 0.6 is 0 Å². The molecule has 0 bridgehead atoms.